The van der Waals surface area contributed by atoms with Crippen molar-refractivity contribution < 1.29 is 4.42 Å². The molecule has 1 fully saturated rings. The molecule has 3 nitrogen and oxygen atoms in total. The molecule has 2 heterocycles. The van der Waals surface area contributed by atoms with Crippen LogP contribution >= 0.6 is 22.9 Å². The summed E-state index contributed by atoms with van der Waals surface area (Å²) in [6, 6.07) is 18.4. The Kier molecular flexibility index (Phi) is 3.54. The number of benzene rings is 2. The van der Waals surface area contributed by atoms with Crippen molar-refractivity contribution in [2.45, 2.75) is 18.9 Å². The summed E-state index contributed by atoms with van der Waals surface area (Å²) in [7, 11) is 0. The number of hydrogen-bond acceptors (Lipinski definition) is 3. The third kappa shape index (κ3) is 2.81. The van der Waals surface area contributed by atoms with Gasteiger partial charge in [0.05, 0.1) is 11.4 Å². The van der Waals surface area contributed by atoms with Crippen LogP contribution in [0.1, 0.15) is 18.9 Å². The van der Waals surface area contributed by atoms with Crippen LogP contribution in [0.4, 0.5) is 5.69 Å². The summed E-state index contributed by atoms with van der Waals surface area (Å²) in [5.74, 6) is 0.900. The summed E-state index contributed by atoms with van der Waals surface area (Å²) in [5.41, 5.74) is 2.89. The quantitative estimate of drug-likeness (QED) is 0.425. The number of aromatic nitrogens is 1. The van der Waals surface area contributed by atoms with Gasteiger partial charge in [-0.3, -0.25) is 0 Å². The van der Waals surface area contributed by atoms with E-state index in [0.717, 1.165) is 32.9 Å². The number of hydrogen-bond donors (Lipinski definition) is 0. The van der Waals surface area contributed by atoms with Crippen LogP contribution in [0.3, 0.4) is 0 Å². The number of halogens is 1. The second-order valence-electron chi connectivity index (χ2n) is 6.24. The molecule has 2 aromatic carbocycles. The van der Waals surface area contributed by atoms with Crippen LogP contribution in [0.15, 0.2) is 69.4 Å². The minimum atomic E-state index is 0.507. The summed E-state index contributed by atoms with van der Waals surface area (Å²) in [6.45, 7) is 0. The highest BCUT2D eigenvalue weighted by molar-refractivity contribution is 7.07. The molecule has 5 rings (SSSR count). The van der Waals surface area contributed by atoms with E-state index in [1.807, 2.05) is 42.5 Å². The van der Waals surface area contributed by atoms with Crippen molar-refractivity contribution in [2.24, 2.45) is 4.99 Å². The first-order valence-electron chi connectivity index (χ1n) is 8.27. The van der Waals surface area contributed by atoms with E-state index >= 15 is 0 Å². The first-order chi connectivity index (χ1) is 12.3. The Labute approximate surface area is 153 Å². The third-order valence-electron chi connectivity index (χ3n) is 4.36. The maximum Gasteiger partial charge on any atom is 0.190 e. The minimum absolute atomic E-state index is 0.507. The zero-order chi connectivity index (χ0) is 16.8. The van der Waals surface area contributed by atoms with Crippen LogP contribution in [-0.4, -0.2) is 4.57 Å². The number of furan rings is 1. The van der Waals surface area contributed by atoms with Crippen LogP contribution in [0.2, 0.25) is 5.02 Å². The van der Waals surface area contributed by atoms with Crippen molar-refractivity contribution in [2.75, 3.05) is 0 Å². The van der Waals surface area contributed by atoms with Crippen molar-refractivity contribution >= 4 is 39.6 Å². The molecule has 0 amide bonds. The predicted molar refractivity (Wildman–Crippen MR) is 102 cm³/mol. The summed E-state index contributed by atoms with van der Waals surface area (Å²) in [4.78, 5) is 5.80. The van der Waals surface area contributed by atoms with Gasteiger partial charge in [0.25, 0.3) is 0 Å². The second kappa shape index (κ2) is 5.90. The van der Waals surface area contributed by atoms with Crippen LogP contribution in [0.5, 0.6) is 0 Å². The van der Waals surface area contributed by atoms with Crippen molar-refractivity contribution in [1.29, 1.82) is 0 Å². The number of thiazole rings is 1. The van der Waals surface area contributed by atoms with Gasteiger partial charge in [0, 0.05) is 21.8 Å². The Balaban J connectivity index is 1.67. The van der Waals surface area contributed by atoms with Crippen molar-refractivity contribution in [3.05, 3.63) is 69.8 Å². The summed E-state index contributed by atoms with van der Waals surface area (Å²) in [6.07, 6.45) is 2.37. The summed E-state index contributed by atoms with van der Waals surface area (Å²) in [5, 5.41) is 3.96. The van der Waals surface area contributed by atoms with E-state index in [2.05, 4.69) is 22.1 Å². The smallest absolute Gasteiger partial charge is 0.190 e. The van der Waals surface area contributed by atoms with E-state index < -0.39 is 0 Å². The molecule has 25 heavy (non-hydrogen) atoms. The highest BCUT2D eigenvalue weighted by Crippen LogP contribution is 2.39. The van der Waals surface area contributed by atoms with Gasteiger partial charge in [0.2, 0.25) is 0 Å². The van der Waals surface area contributed by atoms with Crippen LogP contribution in [0, 0.1) is 0 Å². The lowest BCUT2D eigenvalue weighted by molar-refractivity contribution is 0.613. The van der Waals surface area contributed by atoms with Gasteiger partial charge in [-0.1, -0.05) is 35.9 Å². The van der Waals surface area contributed by atoms with Gasteiger partial charge in [-0.25, -0.2) is 4.99 Å². The van der Waals surface area contributed by atoms with E-state index in [9.17, 15) is 0 Å². The molecule has 2 aromatic heterocycles. The molecule has 1 aliphatic carbocycles. The maximum absolute atomic E-state index is 6.09. The fraction of sp³-hybridized carbons (Fsp3) is 0.150. The molecule has 0 saturated heterocycles. The summed E-state index contributed by atoms with van der Waals surface area (Å²) >= 11 is 7.74. The molecule has 0 N–H and O–H groups in total. The van der Waals surface area contributed by atoms with Gasteiger partial charge in [-0.15, -0.1) is 11.3 Å². The highest BCUT2D eigenvalue weighted by Gasteiger charge is 2.28. The van der Waals surface area contributed by atoms with E-state index in [1.54, 1.807) is 11.3 Å². The fourth-order valence-electron chi connectivity index (χ4n) is 3.03. The SMILES string of the molecule is Clc1cccc(N=c2scc(-c3cc4ccccc4o3)n2C2CC2)c1. The fourth-order valence-corrected chi connectivity index (χ4v) is 4.18. The lowest BCUT2D eigenvalue weighted by atomic mass is 10.2. The normalized spacial score (nSPS) is 15.2. The number of nitrogens with zero attached hydrogens (tertiary/aromatic N) is 2. The van der Waals surface area contributed by atoms with Gasteiger partial charge in [-0.05, 0) is 43.2 Å². The average Bonchev–Trinajstić information content (AvgIpc) is 3.22. The first-order valence-corrected chi connectivity index (χ1v) is 9.53. The lowest BCUT2D eigenvalue weighted by Crippen LogP contribution is -2.14. The molecule has 0 spiro atoms. The van der Waals surface area contributed by atoms with Crippen molar-refractivity contribution in [1.82, 2.24) is 4.57 Å². The van der Waals surface area contributed by atoms with Gasteiger partial charge >= 0.3 is 0 Å². The number of fused-ring (bicyclic) bond motifs is 1. The Morgan fingerprint density at radius 3 is 2.76 bits per heavy atom. The standard InChI is InChI=1S/C20H15ClN2OS/c21-14-5-3-6-15(11-14)22-20-23(16-8-9-16)17(12-25-20)19-10-13-4-1-2-7-18(13)24-19/h1-7,10-12,16H,8-9H2. The molecule has 0 unspecified atom stereocenters. The minimum Gasteiger partial charge on any atom is -0.454 e. The third-order valence-corrected chi connectivity index (χ3v) is 5.44. The highest BCUT2D eigenvalue weighted by atomic mass is 35.5. The topological polar surface area (TPSA) is 30.4 Å². The van der Waals surface area contributed by atoms with Crippen LogP contribution < -0.4 is 4.80 Å². The molecule has 1 saturated carbocycles. The van der Waals surface area contributed by atoms with Gasteiger partial charge in [-0.2, -0.15) is 0 Å². The maximum atomic E-state index is 6.09. The molecular formula is C20H15ClN2OS. The van der Waals surface area contributed by atoms with E-state index in [0.29, 0.717) is 11.1 Å². The van der Waals surface area contributed by atoms with E-state index in [1.165, 1.54) is 12.8 Å². The second-order valence-corrected chi connectivity index (χ2v) is 7.52. The average molecular weight is 367 g/mol. The molecule has 4 aromatic rings. The Morgan fingerprint density at radius 2 is 1.96 bits per heavy atom. The van der Waals surface area contributed by atoms with Gasteiger partial charge in [0.1, 0.15) is 5.58 Å². The largest absolute Gasteiger partial charge is 0.454 e. The Bertz CT molecular complexity index is 1100. The first kappa shape index (κ1) is 15.0. The van der Waals surface area contributed by atoms with Crippen LogP contribution in [0.25, 0.3) is 22.4 Å². The molecule has 0 radical (unpaired) electrons. The Hall–Kier alpha value is -2.30. The monoisotopic (exact) mass is 366 g/mol. The molecule has 0 bridgehead atoms. The van der Waals surface area contributed by atoms with E-state index in [4.69, 9.17) is 21.0 Å². The lowest BCUT2D eigenvalue weighted by Gasteiger charge is -2.05. The van der Waals surface area contributed by atoms with Gasteiger partial charge in [0.15, 0.2) is 10.6 Å². The molecular weight excluding hydrogens is 352 g/mol. The zero-order valence-electron chi connectivity index (χ0n) is 13.4. The molecule has 0 atom stereocenters. The molecule has 124 valence electrons. The Morgan fingerprint density at radius 1 is 1.08 bits per heavy atom. The molecule has 0 aliphatic heterocycles. The van der Waals surface area contributed by atoms with Gasteiger partial charge < -0.3 is 8.98 Å². The summed E-state index contributed by atoms with van der Waals surface area (Å²) < 4.78 is 8.39. The van der Waals surface area contributed by atoms with Crippen molar-refractivity contribution in [3.63, 3.8) is 0 Å². The molecule has 5 heteroatoms. The predicted octanol–water partition coefficient (Wildman–Crippen LogP) is 6.18. The number of rotatable bonds is 3. The van der Waals surface area contributed by atoms with Crippen molar-refractivity contribution in [3.8, 4) is 11.5 Å². The number of para-hydroxylation sites is 1. The zero-order valence-corrected chi connectivity index (χ0v) is 14.9. The van der Waals surface area contributed by atoms with E-state index in [-0.39, 0.29) is 0 Å². The van der Waals surface area contributed by atoms with Crippen LogP contribution in [-0.2, 0) is 0 Å². The molecule has 1 aliphatic rings.